The smallest absolute Gasteiger partial charge is 0.123 e. The number of ether oxygens (including phenoxy) is 1. The van der Waals surface area contributed by atoms with Gasteiger partial charge in [0.05, 0.1) is 0 Å². The molecule has 2 aliphatic heterocycles. The van der Waals surface area contributed by atoms with E-state index in [1.54, 1.807) is 0 Å². The van der Waals surface area contributed by atoms with Crippen LogP contribution < -0.4 is 4.74 Å². The molecule has 0 unspecified atom stereocenters. The predicted octanol–water partition coefficient (Wildman–Crippen LogP) is 2.69. The molecule has 0 aromatic heterocycles. The minimum absolute atomic E-state index is 0.342. The van der Waals surface area contributed by atoms with Gasteiger partial charge in [0.2, 0.25) is 0 Å². The van der Waals surface area contributed by atoms with Crippen molar-refractivity contribution in [3.8, 4) is 5.75 Å². The molecule has 1 saturated heterocycles. The maximum Gasteiger partial charge on any atom is 0.123 e. The maximum atomic E-state index is 10.5. The van der Waals surface area contributed by atoms with Gasteiger partial charge in [-0.15, -0.1) is 0 Å². The number of benzene rings is 2. The molecule has 2 heterocycles. The van der Waals surface area contributed by atoms with E-state index in [-0.39, 0.29) is 0 Å². The topological polar surface area (TPSA) is 35.9 Å². The zero-order chi connectivity index (χ0) is 17.8. The van der Waals surface area contributed by atoms with Crippen LogP contribution in [-0.2, 0) is 19.5 Å². The molecule has 4 rings (SSSR count). The monoisotopic (exact) mass is 352 g/mol. The number of hydrogen-bond acceptors (Lipinski definition) is 4. The van der Waals surface area contributed by atoms with Crippen LogP contribution in [0.3, 0.4) is 0 Å². The van der Waals surface area contributed by atoms with Crippen molar-refractivity contribution in [2.45, 2.75) is 32.0 Å². The SMILES string of the molecule is O[C@@H](COc1ccccc1CN1CCC1)CN1CCc2ccccc2C1. The number of fused-ring (bicyclic) bond motifs is 1. The Morgan fingerprint density at radius 1 is 0.923 bits per heavy atom. The highest BCUT2D eigenvalue weighted by molar-refractivity contribution is 5.33. The zero-order valence-electron chi connectivity index (χ0n) is 15.3. The summed E-state index contributed by atoms with van der Waals surface area (Å²) in [6, 6.07) is 16.8. The first-order valence-corrected chi connectivity index (χ1v) is 9.68. The number of rotatable bonds is 7. The first-order valence-electron chi connectivity index (χ1n) is 9.68. The molecule has 4 heteroatoms. The third kappa shape index (κ3) is 4.26. The number of nitrogens with zero attached hydrogens (tertiary/aromatic N) is 2. The summed E-state index contributed by atoms with van der Waals surface area (Å²) in [4.78, 5) is 4.74. The quantitative estimate of drug-likeness (QED) is 0.831. The van der Waals surface area contributed by atoms with Crippen molar-refractivity contribution in [1.82, 2.24) is 9.80 Å². The summed E-state index contributed by atoms with van der Waals surface area (Å²) < 4.78 is 5.98. The molecule has 0 spiro atoms. The lowest BCUT2D eigenvalue weighted by molar-refractivity contribution is 0.0628. The lowest BCUT2D eigenvalue weighted by atomic mass is 10.00. The first-order chi connectivity index (χ1) is 12.8. The third-order valence-corrected chi connectivity index (χ3v) is 5.43. The lowest BCUT2D eigenvalue weighted by Crippen LogP contribution is -2.39. The number of para-hydroxylation sites is 1. The normalized spacial score (nSPS) is 18.8. The highest BCUT2D eigenvalue weighted by Gasteiger charge is 2.20. The average Bonchev–Trinajstić information content (AvgIpc) is 2.63. The Balaban J connectivity index is 1.29. The fourth-order valence-electron chi connectivity index (χ4n) is 3.80. The minimum Gasteiger partial charge on any atom is -0.491 e. The van der Waals surface area contributed by atoms with E-state index in [0.29, 0.717) is 13.2 Å². The second-order valence-corrected chi connectivity index (χ2v) is 7.46. The Labute approximate surface area is 156 Å². The second kappa shape index (κ2) is 8.21. The van der Waals surface area contributed by atoms with Crippen molar-refractivity contribution in [3.05, 3.63) is 65.2 Å². The predicted molar refractivity (Wildman–Crippen MR) is 103 cm³/mol. The second-order valence-electron chi connectivity index (χ2n) is 7.46. The Morgan fingerprint density at radius 2 is 1.69 bits per heavy atom. The zero-order valence-corrected chi connectivity index (χ0v) is 15.3. The van der Waals surface area contributed by atoms with Gasteiger partial charge in [0.15, 0.2) is 0 Å². The largest absolute Gasteiger partial charge is 0.491 e. The molecule has 2 aromatic carbocycles. The highest BCUT2D eigenvalue weighted by Crippen LogP contribution is 2.23. The number of aliphatic hydroxyl groups excluding tert-OH is 1. The number of hydrogen-bond donors (Lipinski definition) is 1. The van der Waals surface area contributed by atoms with Crippen LogP contribution in [-0.4, -0.2) is 53.8 Å². The van der Waals surface area contributed by atoms with E-state index < -0.39 is 6.10 Å². The molecule has 0 saturated carbocycles. The van der Waals surface area contributed by atoms with Crippen LogP contribution in [0.2, 0.25) is 0 Å². The van der Waals surface area contributed by atoms with Crippen molar-refractivity contribution < 1.29 is 9.84 Å². The molecule has 0 amide bonds. The van der Waals surface area contributed by atoms with Crippen LogP contribution in [0, 0.1) is 0 Å². The number of β-amino-alcohol motifs (C(OH)–C–C–N with tert-alkyl or cyclic N) is 1. The Hall–Kier alpha value is -1.88. The van der Waals surface area contributed by atoms with Gasteiger partial charge < -0.3 is 9.84 Å². The van der Waals surface area contributed by atoms with Crippen molar-refractivity contribution in [2.75, 3.05) is 32.8 Å². The summed E-state index contributed by atoms with van der Waals surface area (Å²) in [5.41, 5.74) is 4.03. The van der Waals surface area contributed by atoms with Gasteiger partial charge >= 0.3 is 0 Å². The van der Waals surface area contributed by atoms with Crippen molar-refractivity contribution >= 4 is 0 Å². The lowest BCUT2D eigenvalue weighted by Gasteiger charge is -2.31. The summed E-state index contributed by atoms with van der Waals surface area (Å²) in [6.07, 6.45) is 1.88. The van der Waals surface area contributed by atoms with Gasteiger partial charge in [-0.3, -0.25) is 9.80 Å². The molecule has 0 aliphatic carbocycles. The molecule has 2 aromatic rings. The molecule has 0 bridgehead atoms. The van der Waals surface area contributed by atoms with Gasteiger partial charge in [-0.2, -0.15) is 0 Å². The third-order valence-electron chi connectivity index (χ3n) is 5.43. The molecule has 1 N–H and O–H groups in total. The summed E-state index contributed by atoms with van der Waals surface area (Å²) in [5.74, 6) is 0.905. The van der Waals surface area contributed by atoms with Gasteiger partial charge in [0, 0.05) is 31.7 Å². The van der Waals surface area contributed by atoms with Crippen molar-refractivity contribution in [3.63, 3.8) is 0 Å². The molecule has 138 valence electrons. The van der Waals surface area contributed by atoms with Gasteiger partial charge in [-0.1, -0.05) is 42.5 Å². The first kappa shape index (κ1) is 17.5. The van der Waals surface area contributed by atoms with E-state index in [1.165, 1.54) is 36.2 Å². The molecule has 1 atom stereocenters. The van der Waals surface area contributed by atoms with E-state index in [4.69, 9.17) is 4.74 Å². The van der Waals surface area contributed by atoms with E-state index in [1.807, 2.05) is 12.1 Å². The van der Waals surface area contributed by atoms with Crippen LogP contribution >= 0.6 is 0 Å². The van der Waals surface area contributed by atoms with Gasteiger partial charge in [-0.25, -0.2) is 0 Å². The van der Waals surface area contributed by atoms with Crippen LogP contribution in [0.15, 0.2) is 48.5 Å². The standard InChI is InChI=1S/C22H28N2O2/c25-21(16-24-13-10-18-6-1-2-7-19(18)14-24)17-26-22-9-4-3-8-20(22)15-23-11-5-12-23/h1-4,6-9,21,25H,5,10-17H2/t21-/m1/s1. The number of likely N-dealkylation sites (tertiary alicyclic amines) is 1. The Kier molecular flexibility index (Phi) is 5.54. The fraction of sp³-hybridized carbons (Fsp3) is 0.455. The molecule has 2 aliphatic rings. The summed E-state index contributed by atoms with van der Waals surface area (Å²) in [5, 5.41) is 10.5. The van der Waals surface area contributed by atoms with Gasteiger partial charge in [0.1, 0.15) is 18.5 Å². The van der Waals surface area contributed by atoms with Gasteiger partial charge in [-0.05, 0) is 43.1 Å². The van der Waals surface area contributed by atoms with Gasteiger partial charge in [0.25, 0.3) is 0 Å². The summed E-state index contributed by atoms with van der Waals surface area (Å²) >= 11 is 0. The fourth-order valence-corrected chi connectivity index (χ4v) is 3.80. The molecule has 4 nitrogen and oxygen atoms in total. The van der Waals surface area contributed by atoms with E-state index in [9.17, 15) is 5.11 Å². The summed E-state index contributed by atoms with van der Waals surface area (Å²) in [7, 11) is 0. The summed E-state index contributed by atoms with van der Waals surface area (Å²) in [6.45, 7) is 6.20. The van der Waals surface area contributed by atoms with Crippen LogP contribution in [0.4, 0.5) is 0 Å². The molecule has 1 fully saturated rings. The maximum absolute atomic E-state index is 10.5. The molecular formula is C22H28N2O2. The minimum atomic E-state index is -0.475. The van der Waals surface area contributed by atoms with Crippen LogP contribution in [0.5, 0.6) is 5.75 Å². The van der Waals surface area contributed by atoms with Crippen molar-refractivity contribution in [1.29, 1.82) is 0 Å². The molecule has 26 heavy (non-hydrogen) atoms. The molecular weight excluding hydrogens is 324 g/mol. The Bertz CT molecular complexity index is 730. The van der Waals surface area contributed by atoms with Crippen LogP contribution in [0.1, 0.15) is 23.1 Å². The average molecular weight is 352 g/mol. The van der Waals surface area contributed by atoms with Crippen molar-refractivity contribution in [2.24, 2.45) is 0 Å². The van der Waals surface area contributed by atoms with E-state index in [2.05, 4.69) is 46.2 Å². The number of aliphatic hydroxyl groups is 1. The highest BCUT2D eigenvalue weighted by atomic mass is 16.5. The molecule has 0 radical (unpaired) electrons. The van der Waals surface area contributed by atoms with E-state index in [0.717, 1.165) is 31.8 Å². The van der Waals surface area contributed by atoms with Crippen LogP contribution in [0.25, 0.3) is 0 Å². The Morgan fingerprint density at radius 3 is 2.50 bits per heavy atom. The van der Waals surface area contributed by atoms with E-state index >= 15 is 0 Å².